The molecule has 4 rings (SSSR count). The van der Waals surface area contributed by atoms with E-state index in [4.69, 9.17) is 30.2 Å². The lowest BCUT2D eigenvalue weighted by atomic mass is 10.0. The first-order valence-electron chi connectivity index (χ1n) is 13.1. The van der Waals surface area contributed by atoms with Crippen molar-refractivity contribution in [2.24, 2.45) is 5.92 Å². The molecule has 1 amide bonds. The molecule has 1 N–H and O–H groups in total. The van der Waals surface area contributed by atoms with Crippen molar-refractivity contribution in [3.8, 4) is 17.2 Å². The summed E-state index contributed by atoms with van der Waals surface area (Å²) in [5.74, 6) is 1.93. The highest BCUT2D eigenvalue weighted by Gasteiger charge is 2.24. The molecule has 0 spiro atoms. The molecule has 0 saturated carbocycles. The molecule has 3 aromatic carbocycles. The summed E-state index contributed by atoms with van der Waals surface area (Å²) in [7, 11) is -0.604. The number of benzene rings is 3. The van der Waals surface area contributed by atoms with Gasteiger partial charge in [-0.05, 0) is 60.2 Å². The van der Waals surface area contributed by atoms with Gasteiger partial charge in [-0.15, -0.1) is 0 Å². The molecule has 9 nitrogen and oxygen atoms in total. The maximum atomic E-state index is 13.5. The lowest BCUT2D eigenvalue weighted by Crippen LogP contribution is -2.31. The predicted octanol–water partition coefficient (Wildman–Crippen LogP) is 6.13. The summed E-state index contributed by atoms with van der Waals surface area (Å²) < 4.78 is 39.0. The fourth-order valence-electron chi connectivity index (χ4n) is 4.55. The highest BCUT2D eigenvalue weighted by Crippen LogP contribution is 2.42. The SMILES string of the molecule is COc1ccc(N(Cc2nc3c(Cc4cccc(OS(C)(=O)=O)c4)cccc3[nH]2)C(=O)CCC(C)C)c(Cl)c1OC. The third-order valence-electron chi connectivity index (χ3n) is 6.49. The van der Waals surface area contributed by atoms with Crippen molar-refractivity contribution >= 4 is 44.3 Å². The first-order valence-corrected chi connectivity index (χ1v) is 15.3. The number of H-pyrrole nitrogens is 1. The Labute approximate surface area is 245 Å². The lowest BCUT2D eigenvalue weighted by molar-refractivity contribution is -0.119. The van der Waals surface area contributed by atoms with Gasteiger partial charge in [0, 0.05) is 6.42 Å². The zero-order valence-electron chi connectivity index (χ0n) is 23.7. The molecule has 41 heavy (non-hydrogen) atoms. The van der Waals surface area contributed by atoms with E-state index in [1.54, 1.807) is 35.2 Å². The van der Waals surface area contributed by atoms with E-state index in [0.29, 0.717) is 41.8 Å². The highest BCUT2D eigenvalue weighted by atomic mass is 35.5. The number of aromatic nitrogens is 2. The van der Waals surface area contributed by atoms with Crippen LogP contribution in [0.5, 0.6) is 17.2 Å². The number of para-hydroxylation sites is 1. The second-order valence-electron chi connectivity index (χ2n) is 10.2. The number of hydrogen-bond donors (Lipinski definition) is 1. The number of halogens is 1. The van der Waals surface area contributed by atoms with E-state index in [9.17, 15) is 13.2 Å². The van der Waals surface area contributed by atoms with Crippen LogP contribution in [0.3, 0.4) is 0 Å². The molecule has 0 radical (unpaired) electrons. The number of nitrogens with zero attached hydrogens (tertiary/aromatic N) is 2. The Bertz CT molecular complexity index is 1650. The summed E-state index contributed by atoms with van der Waals surface area (Å²) in [6.07, 6.45) is 2.59. The minimum Gasteiger partial charge on any atom is -0.493 e. The molecule has 0 bridgehead atoms. The first kappa shape index (κ1) is 30.2. The normalized spacial score (nSPS) is 11.6. The standard InChI is InChI=1S/C30H34ClN3O6S/c1-19(2)12-15-27(35)34(24-13-14-25(38-3)30(39-4)28(24)31)18-26-32-23-11-7-9-21(29(23)33-26)16-20-8-6-10-22(17-20)40-41(5,36)37/h6-11,13-14,17,19H,12,15-16,18H2,1-5H3,(H,32,33). The number of carbonyl (C=O) groups excluding carboxylic acids is 1. The number of anilines is 1. The van der Waals surface area contributed by atoms with Crippen LogP contribution in [-0.4, -0.2) is 44.8 Å². The van der Waals surface area contributed by atoms with Gasteiger partial charge >= 0.3 is 10.1 Å². The molecule has 4 aromatic rings. The second-order valence-corrected chi connectivity index (χ2v) is 12.1. The van der Waals surface area contributed by atoms with Crippen molar-refractivity contribution in [2.75, 3.05) is 25.4 Å². The molecule has 1 aromatic heterocycles. The maximum absolute atomic E-state index is 13.5. The molecular formula is C30H34ClN3O6S. The summed E-state index contributed by atoms with van der Waals surface area (Å²) in [6.45, 7) is 4.31. The average molecular weight is 600 g/mol. The van der Waals surface area contributed by atoms with Gasteiger partial charge in [0.1, 0.15) is 16.6 Å². The Hall–Kier alpha value is -3.76. The van der Waals surface area contributed by atoms with E-state index in [-0.39, 0.29) is 23.2 Å². The van der Waals surface area contributed by atoms with Crippen LogP contribution in [-0.2, 0) is 27.9 Å². The van der Waals surface area contributed by atoms with Gasteiger partial charge in [0.15, 0.2) is 11.5 Å². The van der Waals surface area contributed by atoms with Crippen molar-refractivity contribution in [3.05, 3.63) is 76.6 Å². The number of methoxy groups -OCH3 is 2. The quantitative estimate of drug-likeness (QED) is 0.195. The minimum atomic E-state index is -3.63. The molecule has 0 aliphatic heterocycles. The topological polar surface area (TPSA) is 111 Å². The Kier molecular flexibility index (Phi) is 9.45. The summed E-state index contributed by atoms with van der Waals surface area (Å²) in [5.41, 5.74) is 3.87. The molecule has 1 heterocycles. The number of amides is 1. The second kappa shape index (κ2) is 12.8. The summed E-state index contributed by atoms with van der Waals surface area (Å²) in [6, 6.07) is 16.2. The van der Waals surface area contributed by atoms with Gasteiger partial charge in [0.05, 0.1) is 43.7 Å². The van der Waals surface area contributed by atoms with E-state index < -0.39 is 10.1 Å². The molecule has 0 aliphatic carbocycles. The Morgan fingerprint density at radius 3 is 2.51 bits per heavy atom. The van der Waals surface area contributed by atoms with Crippen LogP contribution in [0.4, 0.5) is 5.69 Å². The minimum absolute atomic E-state index is 0.0869. The number of fused-ring (bicyclic) bond motifs is 1. The molecule has 0 fully saturated rings. The fourth-order valence-corrected chi connectivity index (χ4v) is 5.34. The average Bonchev–Trinajstić information content (AvgIpc) is 3.33. The zero-order valence-corrected chi connectivity index (χ0v) is 25.3. The van der Waals surface area contributed by atoms with E-state index in [0.717, 1.165) is 34.8 Å². The molecule has 0 atom stereocenters. The maximum Gasteiger partial charge on any atom is 0.306 e. The monoisotopic (exact) mass is 599 g/mol. The van der Waals surface area contributed by atoms with Crippen LogP contribution in [0, 0.1) is 5.92 Å². The Morgan fingerprint density at radius 1 is 1.07 bits per heavy atom. The van der Waals surface area contributed by atoms with Gasteiger partial charge in [0.25, 0.3) is 0 Å². The van der Waals surface area contributed by atoms with E-state index in [1.807, 2.05) is 24.3 Å². The van der Waals surface area contributed by atoms with Gasteiger partial charge in [-0.2, -0.15) is 8.42 Å². The predicted molar refractivity (Wildman–Crippen MR) is 161 cm³/mol. The smallest absolute Gasteiger partial charge is 0.306 e. The fraction of sp³-hybridized carbons (Fsp3) is 0.333. The van der Waals surface area contributed by atoms with E-state index >= 15 is 0 Å². The Morgan fingerprint density at radius 2 is 1.83 bits per heavy atom. The number of aromatic amines is 1. The van der Waals surface area contributed by atoms with Crippen molar-refractivity contribution in [2.45, 2.75) is 39.7 Å². The van der Waals surface area contributed by atoms with Gasteiger partial charge < -0.3 is 23.5 Å². The zero-order chi connectivity index (χ0) is 29.7. The number of imidazole rings is 1. The molecule has 11 heteroatoms. The largest absolute Gasteiger partial charge is 0.493 e. The molecule has 218 valence electrons. The van der Waals surface area contributed by atoms with Crippen molar-refractivity contribution in [1.29, 1.82) is 0 Å². The molecule has 0 unspecified atom stereocenters. The number of hydrogen-bond acceptors (Lipinski definition) is 7. The lowest BCUT2D eigenvalue weighted by Gasteiger charge is -2.25. The first-order chi connectivity index (χ1) is 19.5. The van der Waals surface area contributed by atoms with Crippen LogP contribution < -0.4 is 18.6 Å². The number of carbonyl (C=O) groups is 1. The van der Waals surface area contributed by atoms with Crippen molar-refractivity contribution in [3.63, 3.8) is 0 Å². The van der Waals surface area contributed by atoms with Crippen LogP contribution in [0.2, 0.25) is 5.02 Å². The number of ether oxygens (including phenoxy) is 2. The van der Waals surface area contributed by atoms with Crippen LogP contribution in [0.15, 0.2) is 54.6 Å². The summed E-state index contributed by atoms with van der Waals surface area (Å²) >= 11 is 6.73. The molecular weight excluding hydrogens is 566 g/mol. The molecule has 0 saturated heterocycles. The van der Waals surface area contributed by atoms with Crippen LogP contribution >= 0.6 is 11.6 Å². The molecule has 0 aliphatic rings. The third kappa shape index (κ3) is 7.51. The van der Waals surface area contributed by atoms with Crippen molar-refractivity contribution in [1.82, 2.24) is 9.97 Å². The van der Waals surface area contributed by atoms with E-state index in [1.165, 1.54) is 14.2 Å². The van der Waals surface area contributed by atoms with Gasteiger partial charge in [-0.3, -0.25) is 4.79 Å². The highest BCUT2D eigenvalue weighted by molar-refractivity contribution is 7.86. The van der Waals surface area contributed by atoms with Crippen LogP contribution in [0.1, 0.15) is 43.6 Å². The van der Waals surface area contributed by atoms with E-state index in [2.05, 4.69) is 18.8 Å². The van der Waals surface area contributed by atoms with Crippen LogP contribution in [0.25, 0.3) is 11.0 Å². The summed E-state index contributed by atoms with van der Waals surface area (Å²) in [5, 5.41) is 0.276. The van der Waals surface area contributed by atoms with Gasteiger partial charge in [-0.25, -0.2) is 4.98 Å². The number of rotatable bonds is 12. The Balaban J connectivity index is 1.68. The van der Waals surface area contributed by atoms with Crippen molar-refractivity contribution < 1.29 is 26.9 Å². The van der Waals surface area contributed by atoms with Gasteiger partial charge in [-0.1, -0.05) is 49.7 Å². The number of nitrogens with one attached hydrogen (secondary N) is 1. The van der Waals surface area contributed by atoms with Gasteiger partial charge in [0.2, 0.25) is 5.91 Å². The summed E-state index contributed by atoms with van der Waals surface area (Å²) in [4.78, 5) is 23.3. The third-order valence-corrected chi connectivity index (χ3v) is 7.35.